The first-order valence-corrected chi connectivity index (χ1v) is 19.6. The molecule has 0 radical (unpaired) electrons. The maximum absolute atomic E-state index is 2.42. The molecule has 0 aliphatic rings. The fraction of sp³-hybridized carbons (Fsp3) is 0. The zero-order valence-corrected chi connectivity index (χ0v) is 30.7. The van der Waals surface area contributed by atoms with Crippen molar-refractivity contribution < 1.29 is 0 Å². The van der Waals surface area contributed by atoms with Gasteiger partial charge in [-0.05, 0) is 112 Å². The minimum Gasteiger partial charge on any atom is -0.310 e. The molecule has 2 nitrogen and oxygen atoms in total. The van der Waals surface area contributed by atoms with Crippen molar-refractivity contribution in [3.63, 3.8) is 0 Å². The van der Waals surface area contributed by atoms with Gasteiger partial charge in [-0.1, -0.05) is 127 Å². The first-order valence-electron chi connectivity index (χ1n) is 18.7. The van der Waals surface area contributed by atoms with Gasteiger partial charge in [0.15, 0.2) is 0 Å². The van der Waals surface area contributed by atoms with Crippen LogP contribution in [0.25, 0.3) is 80.7 Å². The molecule has 3 heteroatoms. The van der Waals surface area contributed by atoms with Crippen LogP contribution < -0.4 is 4.90 Å². The second-order valence-electron chi connectivity index (χ2n) is 14.2. The number of nitrogens with zero attached hydrogens (tertiary/aromatic N) is 2. The van der Waals surface area contributed by atoms with Crippen LogP contribution in [0.15, 0.2) is 206 Å². The Kier molecular flexibility index (Phi) is 7.39. The Morgan fingerprint density at radius 1 is 0.327 bits per heavy atom. The Morgan fingerprint density at radius 2 is 0.964 bits per heavy atom. The number of anilines is 3. The lowest BCUT2D eigenvalue weighted by molar-refractivity contribution is 1.18. The van der Waals surface area contributed by atoms with Crippen molar-refractivity contribution in [3.8, 4) is 27.9 Å². The van der Waals surface area contributed by atoms with Crippen molar-refractivity contribution in [1.29, 1.82) is 0 Å². The molecule has 0 fully saturated rings. The van der Waals surface area contributed by atoms with Crippen LogP contribution in [-0.2, 0) is 0 Å². The molecular formula is C52H34N2S. The molecule has 0 N–H and O–H groups in total. The summed E-state index contributed by atoms with van der Waals surface area (Å²) in [6.45, 7) is 0. The molecule has 9 aromatic carbocycles. The highest BCUT2D eigenvalue weighted by molar-refractivity contribution is 7.25. The van der Waals surface area contributed by atoms with Crippen molar-refractivity contribution in [2.75, 3.05) is 4.90 Å². The van der Waals surface area contributed by atoms with Gasteiger partial charge in [-0.25, -0.2) is 0 Å². The molecule has 11 rings (SSSR count). The number of hydrogen-bond donors (Lipinski definition) is 0. The fourth-order valence-corrected chi connectivity index (χ4v) is 9.41. The highest BCUT2D eigenvalue weighted by Crippen LogP contribution is 2.41. The van der Waals surface area contributed by atoms with Gasteiger partial charge in [0.25, 0.3) is 0 Å². The van der Waals surface area contributed by atoms with Crippen LogP contribution in [0.4, 0.5) is 17.1 Å². The van der Waals surface area contributed by atoms with Crippen LogP contribution in [0, 0.1) is 0 Å². The Bertz CT molecular complexity index is 3190. The van der Waals surface area contributed by atoms with Gasteiger partial charge in [-0.2, -0.15) is 0 Å². The molecule has 0 saturated heterocycles. The lowest BCUT2D eigenvalue weighted by Gasteiger charge is -2.26. The first kappa shape index (κ1) is 31.6. The second-order valence-corrected chi connectivity index (χ2v) is 15.3. The molecule has 2 aromatic heterocycles. The number of fused-ring (bicyclic) bond motifs is 7. The van der Waals surface area contributed by atoms with Gasteiger partial charge in [0.2, 0.25) is 0 Å². The lowest BCUT2D eigenvalue weighted by atomic mass is 10.0. The Morgan fingerprint density at radius 3 is 1.80 bits per heavy atom. The number of para-hydroxylation sites is 2. The van der Waals surface area contributed by atoms with Gasteiger partial charge in [0.1, 0.15) is 0 Å². The summed E-state index contributed by atoms with van der Waals surface area (Å²) in [6.07, 6.45) is 0. The second kappa shape index (κ2) is 12.9. The number of rotatable bonds is 6. The maximum atomic E-state index is 2.42. The zero-order chi connectivity index (χ0) is 36.3. The molecule has 258 valence electrons. The molecule has 0 atom stereocenters. The minimum absolute atomic E-state index is 1.11. The predicted molar refractivity (Wildman–Crippen MR) is 237 cm³/mol. The van der Waals surface area contributed by atoms with Gasteiger partial charge < -0.3 is 9.47 Å². The summed E-state index contributed by atoms with van der Waals surface area (Å²) in [5.41, 5.74) is 11.7. The number of benzene rings is 9. The van der Waals surface area contributed by atoms with Crippen molar-refractivity contribution in [2.24, 2.45) is 0 Å². The largest absolute Gasteiger partial charge is 0.310 e. The van der Waals surface area contributed by atoms with Gasteiger partial charge in [-0.15, -0.1) is 11.3 Å². The van der Waals surface area contributed by atoms with E-state index in [9.17, 15) is 0 Å². The molecule has 2 heterocycles. The summed E-state index contributed by atoms with van der Waals surface area (Å²) in [5, 5.41) is 7.73. The van der Waals surface area contributed by atoms with E-state index in [-0.39, 0.29) is 0 Å². The summed E-state index contributed by atoms with van der Waals surface area (Å²) in [6, 6.07) is 75.1. The highest BCUT2D eigenvalue weighted by atomic mass is 32.1. The average Bonchev–Trinajstić information content (AvgIpc) is 3.78. The van der Waals surface area contributed by atoms with Crippen LogP contribution in [0.3, 0.4) is 0 Å². The van der Waals surface area contributed by atoms with E-state index in [2.05, 4.69) is 216 Å². The lowest BCUT2D eigenvalue weighted by Crippen LogP contribution is -2.09. The van der Waals surface area contributed by atoms with Crippen molar-refractivity contribution in [3.05, 3.63) is 206 Å². The highest BCUT2D eigenvalue weighted by Gasteiger charge is 2.17. The van der Waals surface area contributed by atoms with Gasteiger partial charge in [0, 0.05) is 53.7 Å². The van der Waals surface area contributed by atoms with Crippen LogP contribution >= 0.6 is 11.3 Å². The first-order chi connectivity index (χ1) is 27.2. The Balaban J connectivity index is 0.949. The summed E-state index contributed by atoms with van der Waals surface area (Å²) < 4.78 is 5.07. The molecule has 11 aromatic rings. The number of aromatic nitrogens is 1. The van der Waals surface area contributed by atoms with E-state index in [1.807, 2.05) is 11.3 Å². The summed E-state index contributed by atoms with van der Waals surface area (Å²) >= 11 is 1.87. The van der Waals surface area contributed by atoms with Crippen LogP contribution in [0.1, 0.15) is 0 Å². The molecular weight excluding hydrogens is 685 g/mol. The number of thiophene rings is 1. The van der Waals surface area contributed by atoms with E-state index in [1.54, 1.807) is 0 Å². The zero-order valence-electron chi connectivity index (χ0n) is 29.9. The van der Waals surface area contributed by atoms with E-state index >= 15 is 0 Å². The van der Waals surface area contributed by atoms with Gasteiger partial charge in [-0.3, -0.25) is 0 Å². The van der Waals surface area contributed by atoms with Crippen molar-refractivity contribution in [2.45, 2.75) is 0 Å². The van der Waals surface area contributed by atoms with E-state index in [4.69, 9.17) is 0 Å². The fourth-order valence-electron chi connectivity index (χ4n) is 8.29. The summed E-state index contributed by atoms with van der Waals surface area (Å²) in [7, 11) is 0. The predicted octanol–water partition coefficient (Wildman–Crippen LogP) is 15.1. The van der Waals surface area contributed by atoms with E-state index in [0.717, 1.165) is 22.7 Å². The van der Waals surface area contributed by atoms with Crippen LogP contribution in [0.2, 0.25) is 0 Å². The number of hydrogen-bond acceptors (Lipinski definition) is 2. The third kappa shape index (κ3) is 5.40. The Hall–Kier alpha value is -6.94. The Labute approximate surface area is 323 Å². The SMILES string of the molecule is c1ccc(N(c2ccc(-c3ccc(-n4c5ccccc5c5cc6c(cc54)sc4ccccc46)cc3)cc2)c2cccc(-c3ccc4ccccc4c3)c2)cc1. The standard InChI is InChI=1S/C52H34N2S/c1-2-14-41(15-3-1)53(44-16-10-13-39(32-44)40-22-21-35-11-4-5-12-38(35)31-40)42-27-23-36(24-28-42)37-25-29-43(30-26-37)54-49-19-8-6-17-45(49)47-33-48-46-18-7-9-20-51(46)55-52(48)34-50(47)54/h1-34H. The van der Waals surface area contributed by atoms with Crippen LogP contribution in [0.5, 0.6) is 0 Å². The maximum Gasteiger partial charge on any atom is 0.0555 e. The topological polar surface area (TPSA) is 8.17 Å². The normalized spacial score (nSPS) is 11.6. The molecule has 55 heavy (non-hydrogen) atoms. The van der Waals surface area contributed by atoms with Gasteiger partial charge in [0.05, 0.1) is 11.0 Å². The van der Waals surface area contributed by atoms with Crippen molar-refractivity contribution >= 4 is 81.1 Å². The van der Waals surface area contributed by atoms with Crippen molar-refractivity contribution in [1.82, 2.24) is 4.57 Å². The van der Waals surface area contributed by atoms with E-state index < -0.39 is 0 Å². The van der Waals surface area contributed by atoms with E-state index in [1.165, 1.54) is 75.0 Å². The van der Waals surface area contributed by atoms with Gasteiger partial charge >= 0.3 is 0 Å². The summed E-state index contributed by atoms with van der Waals surface area (Å²) in [4.78, 5) is 2.34. The molecule has 0 aliphatic carbocycles. The molecule has 0 aliphatic heterocycles. The third-order valence-corrected chi connectivity index (χ3v) is 12.1. The smallest absolute Gasteiger partial charge is 0.0555 e. The van der Waals surface area contributed by atoms with E-state index in [0.29, 0.717) is 0 Å². The average molecular weight is 719 g/mol. The summed E-state index contributed by atoms with van der Waals surface area (Å²) in [5.74, 6) is 0. The minimum atomic E-state index is 1.11. The quantitative estimate of drug-likeness (QED) is 0.166. The monoisotopic (exact) mass is 718 g/mol. The molecule has 0 unspecified atom stereocenters. The molecule has 0 amide bonds. The molecule has 0 saturated carbocycles. The molecule has 0 bridgehead atoms. The third-order valence-electron chi connectivity index (χ3n) is 11.0. The van der Waals surface area contributed by atoms with Crippen LogP contribution in [-0.4, -0.2) is 4.57 Å². The molecule has 0 spiro atoms.